The van der Waals surface area contributed by atoms with Crippen molar-refractivity contribution >= 4 is 5.78 Å². The number of Topliss-reactive ketones (excluding diaryl/α,β-unsaturated/α-hetero) is 1. The maximum Gasteiger partial charge on any atom is 0.133 e. The molecule has 0 heterocycles. The fraction of sp³-hybridized carbons (Fsp3) is 0.826. The molecule has 3 nitrogen and oxygen atoms in total. The Kier molecular flexibility index (Phi) is 5.37. The lowest BCUT2D eigenvalue weighted by atomic mass is 9.47. The fourth-order valence-electron chi connectivity index (χ4n) is 7.31. The molecule has 26 heavy (non-hydrogen) atoms. The summed E-state index contributed by atoms with van der Waals surface area (Å²) in [7, 11) is 0. The van der Waals surface area contributed by atoms with Gasteiger partial charge < -0.3 is 5.11 Å². The molecule has 0 aliphatic heterocycles. The quantitative estimate of drug-likeness (QED) is 0.668. The van der Waals surface area contributed by atoms with Crippen molar-refractivity contribution in [3.63, 3.8) is 0 Å². The van der Waals surface area contributed by atoms with E-state index in [0.29, 0.717) is 17.1 Å². The SMILES string of the molecule is CC#N.CC(=O)[C@H]1CC[C@H]2[C@@H]3CC=C4C[C@@H](O)CC[C@]4(C)[C@H]3CC[C@]12C. The van der Waals surface area contributed by atoms with Crippen molar-refractivity contribution in [1.82, 2.24) is 0 Å². The summed E-state index contributed by atoms with van der Waals surface area (Å²) in [6.07, 6.45) is 11.5. The molecule has 0 radical (unpaired) electrons. The Morgan fingerprint density at radius 2 is 1.88 bits per heavy atom. The summed E-state index contributed by atoms with van der Waals surface area (Å²) in [4.78, 5) is 12.2. The average molecular weight is 358 g/mol. The van der Waals surface area contributed by atoms with Gasteiger partial charge >= 0.3 is 0 Å². The number of carbonyl (C=O) groups excluding carboxylic acids is 1. The Balaban J connectivity index is 0.000000613. The molecular weight excluding hydrogens is 322 g/mol. The maximum atomic E-state index is 12.2. The molecule has 0 aromatic carbocycles. The Morgan fingerprint density at radius 3 is 2.54 bits per heavy atom. The van der Waals surface area contributed by atoms with Gasteiger partial charge in [0.25, 0.3) is 0 Å². The van der Waals surface area contributed by atoms with E-state index in [4.69, 9.17) is 5.26 Å². The molecule has 1 N–H and O–H groups in total. The third-order valence-electron chi connectivity index (χ3n) is 8.57. The van der Waals surface area contributed by atoms with Gasteiger partial charge in [-0.25, -0.2) is 0 Å². The minimum atomic E-state index is -0.117. The normalized spacial score (nSPS) is 46.5. The van der Waals surface area contributed by atoms with Crippen LogP contribution in [-0.4, -0.2) is 17.0 Å². The lowest BCUT2D eigenvalue weighted by Gasteiger charge is -2.57. The molecule has 4 aliphatic carbocycles. The number of nitrogens with zero attached hydrogens (tertiary/aromatic N) is 1. The highest BCUT2D eigenvalue weighted by atomic mass is 16.3. The number of fused-ring (bicyclic) bond motifs is 5. The van der Waals surface area contributed by atoms with E-state index < -0.39 is 0 Å². The van der Waals surface area contributed by atoms with Crippen LogP contribution < -0.4 is 0 Å². The van der Waals surface area contributed by atoms with Crippen molar-refractivity contribution in [2.45, 2.75) is 85.2 Å². The first-order chi connectivity index (χ1) is 12.3. The van der Waals surface area contributed by atoms with Crippen molar-refractivity contribution in [1.29, 1.82) is 5.26 Å². The van der Waals surface area contributed by atoms with Gasteiger partial charge in [0.1, 0.15) is 5.78 Å². The summed E-state index contributed by atoms with van der Waals surface area (Å²) in [5, 5.41) is 17.4. The summed E-state index contributed by atoms with van der Waals surface area (Å²) in [5.41, 5.74) is 2.11. The Hall–Kier alpha value is -1.14. The highest BCUT2D eigenvalue weighted by molar-refractivity contribution is 5.79. The van der Waals surface area contributed by atoms with E-state index in [-0.39, 0.29) is 11.5 Å². The first-order valence-corrected chi connectivity index (χ1v) is 10.5. The van der Waals surface area contributed by atoms with Crippen molar-refractivity contribution in [2.75, 3.05) is 0 Å². The number of ketones is 1. The minimum absolute atomic E-state index is 0.117. The van der Waals surface area contributed by atoms with Crippen molar-refractivity contribution in [3.05, 3.63) is 11.6 Å². The van der Waals surface area contributed by atoms with Crippen molar-refractivity contribution in [2.24, 2.45) is 34.5 Å². The molecule has 3 saturated carbocycles. The molecule has 3 heteroatoms. The molecule has 3 fully saturated rings. The van der Waals surface area contributed by atoms with Gasteiger partial charge in [0, 0.05) is 12.8 Å². The lowest BCUT2D eigenvalue weighted by Crippen LogP contribution is -2.50. The molecule has 0 saturated heterocycles. The second-order valence-corrected chi connectivity index (χ2v) is 9.66. The molecule has 0 spiro atoms. The average Bonchev–Trinajstić information content (AvgIpc) is 2.93. The molecular formula is C23H35NO2. The molecule has 0 unspecified atom stereocenters. The van der Waals surface area contributed by atoms with Gasteiger partial charge in [-0.15, -0.1) is 0 Å². The van der Waals surface area contributed by atoms with E-state index in [1.165, 1.54) is 32.6 Å². The first-order valence-electron chi connectivity index (χ1n) is 10.5. The first kappa shape index (κ1) is 19.6. The number of rotatable bonds is 1. The summed E-state index contributed by atoms with van der Waals surface area (Å²) in [6, 6.07) is 1.75. The maximum absolute atomic E-state index is 12.2. The van der Waals surface area contributed by atoms with E-state index in [2.05, 4.69) is 19.9 Å². The van der Waals surface area contributed by atoms with Crippen LogP contribution in [-0.2, 0) is 4.79 Å². The Labute approximate surface area is 158 Å². The standard InChI is InChI=1S/C21H32O2.C2H3N/c1-13(22)17-6-7-18-16-5-4-14-12-15(23)8-10-20(14,2)19(16)9-11-21(17,18)3;1-2-3/h4,15-19,23H,5-12H2,1-3H3;1H3/t15-,16-,17+,18-,19-,20-,21+;/m0./s1. The van der Waals surface area contributed by atoms with Crippen LogP contribution in [0.5, 0.6) is 0 Å². The number of carbonyl (C=O) groups is 1. The monoisotopic (exact) mass is 357 g/mol. The van der Waals surface area contributed by atoms with E-state index in [9.17, 15) is 9.90 Å². The smallest absolute Gasteiger partial charge is 0.133 e. The molecule has 0 aromatic rings. The number of nitriles is 1. The summed E-state index contributed by atoms with van der Waals surface area (Å²) in [6.45, 7) is 8.13. The summed E-state index contributed by atoms with van der Waals surface area (Å²) < 4.78 is 0. The highest BCUT2D eigenvalue weighted by Crippen LogP contribution is 2.66. The van der Waals surface area contributed by atoms with Gasteiger partial charge in [0.2, 0.25) is 0 Å². The van der Waals surface area contributed by atoms with E-state index in [1.807, 2.05) is 6.92 Å². The Morgan fingerprint density at radius 1 is 1.19 bits per heavy atom. The van der Waals surface area contributed by atoms with E-state index in [1.54, 1.807) is 11.6 Å². The molecule has 4 rings (SSSR count). The van der Waals surface area contributed by atoms with Crippen LogP contribution in [0.15, 0.2) is 11.6 Å². The fourth-order valence-corrected chi connectivity index (χ4v) is 7.31. The van der Waals surface area contributed by atoms with E-state index >= 15 is 0 Å². The van der Waals surface area contributed by atoms with Gasteiger partial charge in [0.05, 0.1) is 12.2 Å². The van der Waals surface area contributed by atoms with Crippen LogP contribution in [0, 0.1) is 45.8 Å². The highest BCUT2D eigenvalue weighted by Gasteiger charge is 2.59. The molecule has 0 amide bonds. The molecule has 7 atom stereocenters. The van der Waals surface area contributed by atoms with Crippen LogP contribution in [0.3, 0.4) is 0 Å². The van der Waals surface area contributed by atoms with Gasteiger partial charge in [-0.3, -0.25) is 4.79 Å². The zero-order chi connectivity index (χ0) is 19.1. The summed E-state index contributed by atoms with van der Waals surface area (Å²) in [5.74, 6) is 3.00. The number of hydrogen-bond donors (Lipinski definition) is 1. The topological polar surface area (TPSA) is 61.1 Å². The third kappa shape index (κ3) is 2.95. The lowest BCUT2D eigenvalue weighted by molar-refractivity contribution is -0.127. The second kappa shape index (κ2) is 7.12. The summed E-state index contributed by atoms with van der Waals surface area (Å²) >= 11 is 0. The third-order valence-corrected chi connectivity index (χ3v) is 8.57. The van der Waals surface area contributed by atoms with Crippen LogP contribution in [0.25, 0.3) is 0 Å². The predicted octanol–water partition coefficient (Wildman–Crippen LogP) is 5.05. The van der Waals surface area contributed by atoms with Gasteiger partial charge in [0.15, 0.2) is 0 Å². The number of aliphatic hydroxyl groups is 1. The molecule has 0 aromatic heterocycles. The number of hydrogen-bond acceptors (Lipinski definition) is 3. The van der Waals surface area contributed by atoms with E-state index in [0.717, 1.165) is 43.4 Å². The van der Waals surface area contributed by atoms with Gasteiger partial charge in [-0.2, -0.15) is 5.26 Å². The number of allylic oxidation sites excluding steroid dienone is 1. The van der Waals surface area contributed by atoms with Crippen LogP contribution in [0.4, 0.5) is 0 Å². The van der Waals surface area contributed by atoms with Crippen molar-refractivity contribution < 1.29 is 9.90 Å². The van der Waals surface area contributed by atoms with Crippen LogP contribution >= 0.6 is 0 Å². The predicted molar refractivity (Wildman–Crippen MR) is 103 cm³/mol. The largest absolute Gasteiger partial charge is 0.393 e. The van der Waals surface area contributed by atoms with Crippen molar-refractivity contribution in [3.8, 4) is 6.07 Å². The minimum Gasteiger partial charge on any atom is -0.393 e. The zero-order valence-electron chi connectivity index (χ0n) is 16.9. The van der Waals surface area contributed by atoms with Crippen LogP contribution in [0.1, 0.15) is 79.1 Å². The van der Waals surface area contributed by atoms with Gasteiger partial charge in [-0.05, 0) is 86.9 Å². The van der Waals surface area contributed by atoms with Crippen LogP contribution in [0.2, 0.25) is 0 Å². The zero-order valence-corrected chi connectivity index (χ0v) is 16.9. The number of aliphatic hydroxyl groups excluding tert-OH is 1. The van der Waals surface area contributed by atoms with Gasteiger partial charge in [-0.1, -0.05) is 25.5 Å². The Bertz CT molecular complexity index is 633. The molecule has 144 valence electrons. The molecule has 0 bridgehead atoms. The molecule has 4 aliphatic rings. The second-order valence-electron chi connectivity index (χ2n) is 9.66.